The standard InChI is InChI=1S/C15H19N3OS.N2/c1-3-10-8-13(19)18(11-6-4-5-7-11)14-12(10)9-16-15(17-14)20-2;1-2/h8-9,11H,3-7H2,1-2H3;. The molecule has 0 N–H and O–H groups in total. The highest BCUT2D eigenvalue weighted by Gasteiger charge is 2.21. The van der Waals surface area contributed by atoms with E-state index in [2.05, 4.69) is 16.9 Å². The Labute approximate surface area is 133 Å². The van der Waals surface area contributed by atoms with Crippen LogP contribution in [0.1, 0.15) is 44.2 Å². The van der Waals surface area contributed by atoms with E-state index >= 15 is 0 Å². The van der Waals surface area contributed by atoms with E-state index in [-0.39, 0.29) is 5.56 Å². The summed E-state index contributed by atoms with van der Waals surface area (Å²) in [5.74, 6) is 0. The van der Waals surface area contributed by atoms with Gasteiger partial charge in [-0.15, -0.1) is 0 Å². The molecule has 6 nitrogen and oxygen atoms in total. The van der Waals surface area contributed by atoms with Crippen LogP contribution in [0.4, 0.5) is 0 Å². The Bertz CT molecular complexity index is 734. The van der Waals surface area contributed by atoms with Crippen LogP contribution >= 0.6 is 11.8 Å². The third-order valence-corrected chi connectivity index (χ3v) is 4.67. The molecule has 0 spiro atoms. The maximum Gasteiger partial charge on any atom is 0.252 e. The highest BCUT2D eigenvalue weighted by molar-refractivity contribution is 7.98. The van der Waals surface area contributed by atoms with Gasteiger partial charge in [0.2, 0.25) is 0 Å². The molecule has 3 rings (SSSR count). The second kappa shape index (κ2) is 7.36. The van der Waals surface area contributed by atoms with Crippen LogP contribution in [0, 0.1) is 10.8 Å². The first-order valence-electron chi connectivity index (χ1n) is 7.39. The second-order valence-electron chi connectivity index (χ2n) is 5.26. The highest BCUT2D eigenvalue weighted by Crippen LogP contribution is 2.31. The second-order valence-corrected chi connectivity index (χ2v) is 6.04. The van der Waals surface area contributed by atoms with Crippen molar-refractivity contribution in [1.82, 2.24) is 14.5 Å². The van der Waals surface area contributed by atoms with Crippen molar-refractivity contribution in [2.75, 3.05) is 6.26 Å². The SMILES string of the molecule is CCc1cc(=O)n(C2CCCC2)c2nc(SC)ncc12.N#N. The quantitative estimate of drug-likeness (QED) is 0.490. The van der Waals surface area contributed by atoms with Crippen LogP contribution in [-0.4, -0.2) is 20.8 Å². The maximum absolute atomic E-state index is 12.5. The number of thioether (sulfide) groups is 1. The van der Waals surface area contributed by atoms with E-state index in [1.807, 2.05) is 17.0 Å². The van der Waals surface area contributed by atoms with Gasteiger partial charge in [0, 0.05) is 34.5 Å². The number of aromatic nitrogens is 3. The summed E-state index contributed by atoms with van der Waals surface area (Å²) >= 11 is 1.52. The zero-order valence-electron chi connectivity index (χ0n) is 12.8. The minimum absolute atomic E-state index is 0.0898. The van der Waals surface area contributed by atoms with Gasteiger partial charge < -0.3 is 0 Å². The van der Waals surface area contributed by atoms with Crippen LogP contribution in [0.5, 0.6) is 0 Å². The fourth-order valence-electron chi connectivity index (χ4n) is 3.07. The van der Waals surface area contributed by atoms with Gasteiger partial charge in [-0.25, -0.2) is 9.97 Å². The molecule has 1 aliphatic carbocycles. The molecule has 0 saturated heterocycles. The number of pyridine rings is 1. The van der Waals surface area contributed by atoms with E-state index in [1.165, 1.54) is 24.6 Å². The number of fused-ring (bicyclic) bond motifs is 1. The first-order chi connectivity index (χ1) is 10.7. The molecule has 2 heterocycles. The van der Waals surface area contributed by atoms with Crippen molar-refractivity contribution in [3.8, 4) is 0 Å². The van der Waals surface area contributed by atoms with Crippen molar-refractivity contribution in [3.63, 3.8) is 0 Å². The van der Waals surface area contributed by atoms with Gasteiger partial charge >= 0.3 is 0 Å². The molecule has 7 heteroatoms. The number of hydrogen-bond donors (Lipinski definition) is 0. The molecule has 116 valence electrons. The summed E-state index contributed by atoms with van der Waals surface area (Å²) in [4.78, 5) is 21.5. The third-order valence-electron chi connectivity index (χ3n) is 4.11. The van der Waals surface area contributed by atoms with Crippen molar-refractivity contribution >= 4 is 22.8 Å². The van der Waals surface area contributed by atoms with Crippen LogP contribution < -0.4 is 5.56 Å². The number of hydrogen-bond acceptors (Lipinski definition) is 6. The van der Waals surface area contributed by atoms with Crippen LogP contribution in [-0.2, 0) is 6.42 Å². The van der Waals surface area contributed by atoms with Gasteiger partial charge in [-0.3, -0.25) is 9.36 Å². The predicted molar refractivity (Wildman–Crippen MR) is 85.9 cm³/mol. The lowest BCUT2D eigenvalue weighted by atomic mass is 10.1. The Hall–Kier alpha value is -1.94. The zero-order chi connectivity index (χ0) is 16.1. The minimum atomic E-state index is 0.0898. The molecule has 0 unspecified atom stereocenters. The summed E-state index contributed by atoms with van der Waals surface area (Å²) in [5, 5.41) is 13.8. The Kier molecular flexibility index (Phi) is 5.50. The minimum Gasteiger partial charge on any atom is -0.289 e. The molecule has 0 amide bonds. The van der Waals surface area contributed by atoms with E-state index in [4.69, 9.17) is 10.8 Å². The predicted octanol–water partition coefficient (Wildman–Crippen LogP) is 3.22. The number of aryl methyl sites for hydroxylation is 1. The largest absolute Gasteiger partial charge is 0.289 e. The van der Waals surface area contributed by atoms with Crippen molar-refractivity contribution in [1.29, 1.82) is 10.8 Å². The Balaban J connectivity index is 0.000000847. The molecular weight excluding hydrogens is 298 g/mol. The number of nitrogens with zero attached hydrogens (tertiary/aromatic N) is 5. The first kappa shape index (κ1) is 16.4. The molecule has 2 aromatic rings. The summed E-state index contributed by atoms with van der Waals surface area (Å²) in [6, 6.07) is 2.07. The zero-order valence-corrected chi connectivity index (χ0v) is 13.6. The number of rotatable bonds is 3. The Morgan fingerprint density at radius 3 is 2.64 bits per heavy atom. The van der Waals surface area contributed by atoms with Gasteiger partial charge in [-0.1, -0.05) is 31.5 Å². The Morgan fingerprint density at radius 1 is 1.36 bits per heavy atom. The van der Waals surface area contributed by atoms with E-state index in [0.29, 0.717) is 6.04 Å². The van der Waals surface area contributed by atoms with Crippen LogP contribution in [0.2, 0.25) is 0 Å². The summed E-state index contributed by atoms with van der Waals surface area (Å²) in [6.07, 6.45) is 9.24. The Morgan fingerprint density at radius 2 is 2.05 bits per heavy atom. The fraction of sp³-hybridized carbons (Fsp3) is 0.533. The average molecular weight is 317 g/mol. The van der Waals surface area contributed by atoms with E-state index in [0.717, 1.165) is 41.0 Å². The summed E-state index contributed by atoms with van der Waals surface area (Å²) in [6.45, 7) is 2.07. The molecule has 0 aromatic carbocycles. The topological polar surface area (TPSA) is 95.4 Å². The molecular formula is C15H19N5OS. The van der Waals surface area contributed by atoms with Gasteiger partial charge in [0.15, 0.2) is 5.16 Å². The van der Waals surface area contributed by atoms with E-state index in [9.17, 15) is 4.79 Å². The first-order valence-corrected chi connectivity index (χ1v) is 8.62. The summed E-state index contributed by atoms with van der Waals surface area (Å²) in [7, 11) is 0. The molecule has 1 aliphatic rings. The maximum atomic E-state index is 12.5. The average Bonchev–Trinajstić information content (AvgIpc) is 3.09. The summed E-state index contributed by atoms with van der Waals surface area (Å²) in [5.41, 5.74) is 1.96. The highest BCUT2D eigenvalue weighted by atomic mass is 32.2. The lowest BCUT2D eigenvalue weighted by Crippen LogP contribution is -2.25. The molecule has 0 radical (unpaired) electrons. The monoisotopic (exact) mass is 317 g/mol. The van der Waals surface area contributed by atoms with Crippen molar-refractivity contribution in [2.45, 2.75) is 50.2 Å². The fourth-order valence-corrected chi connectivity index (χ4v) is 3.41. The van der Waals surface area contributed by atoms with Gasteiger partial charge in [0.05, 0.1) is 0 Å². The van der Waals surface area contributed by atoms with Gasteiger partial charge in [-0.05, 0) is 31.1 Å². The van der Waals surface area contributed by atoms with E-state index < -0.39 is 0 Å². The van der Waals surface area contributed by atoms with Crippen molar-refractivity contribution in [2.24, 2.45) is 0 Å². The molecule has 22 heavy (non-hydrogen) atoms. The smallest absolute Gasteiger partial charge is 0.252 e. The van der Waals surface area contributed by atoms with E-state index in [1.54, 1.807) is 6.07 Å². The van der Waals surface area contributed by atoms with Gasteiger partial charge in [0.25, 0.3) is 5.56 Å². The van der Waals surface area contributed by atoms with Crippen molar-refractivity contribution in [3.05, 3.63) is 28.2 Å². The molecule has 1 saturated carbocycles. The van der Waals surface area contributed by atoms with Crippen molar-refractivity contribution < 1.29 is 0 Å². The normalized spacial score (nSPS) is 14.7. The summed E-state index contributed by atoms with van der Waals surface area (Å²) < 4.78 is 1.91. The lowest BCUT2D eigenvalue weighted by molar-refractivity contribution is 0.514. The molecule has 2 aromatic heterocycles. The van der Waals surface area contributed by atoms with Crippen LogP contribution in [0.3, 0.4) is 0 Å². The molecule has 0 atom stereocenters. The third kappa shape index (κ3) is 2.97. The van der Waals surface area contributed by atoms with Crippen LogP contribution in [0.15, 0.2) is 22.2 Å². The lowest BCUT2D eigenvalue weighted by Gasteiger charge is -2.17. The van der Waals surface area contributed by atoms with Gasteiger partial charge in [-0.2, -0.15) is 0 Å². The molecule has 1 fully saturated rings. The van der Waals surface area contributed by atoms with Gasteiger partial charge in [0.1, 0.15) is 5.65 Å². The molecule has 0 bridgehead atoms. The molecule has 0 aliphatic heterocycles. The van der Waals surface area contributed by atoms with Crippen LogP contribution in [0.25, 0.3) is 11.0 Å².